The third-order valence-electron chi connectivity index (χ3n) is 3.22. The Labute approximate surface area is 135 Å². The third-order valence-corrected chi connectivity index (χ3v) is 4.53. The molecule has 4 heteroatoms. The molecule has 1 N–H and O–H groups in total. The Bertz CT molecular complexity index is 617. The second-order valence-corrected chi connectivity index (χ2v) is 6.68. The van der Waals surface area contributed by atoms with E-state index >= 15 is 0 Å². The zero-order valence-electron chi connectivity index (χ0n) is 11.6. The Balaban J connectivity index is 2.30. The Morgan fingerprint density at radius 1 is 1.05 bits per heavy atom. The fourth-order valence-electron chi connectivity index (χ4n) is 2.25. The molecule has 1 nitrogen and oxygen atoms in total. The van der Waals surface area contributed by atoms with Gasteiger partial charge in [0.1, 0.15) is 5.82 Å². The first-order valence-electron chi connectivity index (χ1n) is 6.36. The summed E-state index contributed by atoms with van der Waals surface area (Å²) in [4.78, 5) is 0. The van der Waals surface area contributed by atoms with Crippen molar-refractivity contribution in [1.82, 2.24) is 0 Å². The van der Waals surface area contributed by atoms with Gasteiger partial charge in [0.15, 0.2) is 0 Å². The third kappa shape index (κ3) is 3.41. The van der Waals surface area contributed by atoms with Crippen molar-refractivity contribution in [1.29, 1.82) is 0 Å². The van der Waals surface area contributed by atoms with E-state index in [0.29, 0.717) is 0 Å². The summed E-state index contributed by atoms with van der Waals surface area (Å²) in [6.45, 7) is 6.21. The number of hydrogen-bond donors (Lipinski definition) is 1. The monoisotopic (exact) mass is 399 g/mol. The quantitative estimate of drug-likeness (QED) is 0.652. The highest BCUT2D eigenvalue weighted by atomic mass is 79.9. The van der Waals surface area contributed by atoms with Gasteiger partial charge in [-0.15, -0.1) is 0 Å². The van der Waals surface area contributed by atoms with E-state index in [-0.39, 0.29) is 11.9 Å². The summed E-state index contributed by atoms with van der Waals surface area (Å²) in [6, 6.07) is 9.07. The molecule has 0 radical (unpaired) electrons. The highest BCUT2D eigenvalue weighted by Crippen LogP contribution is 2.33. The van der Waals surface area contributed by atoms with Gasteiger partial charge in [-0.1, -0.05) is 28.1 Å². The normalized spacial score (nSPS) is 12.3. The van der Waals surface area contributed by atoms with Crippen LogP contribution in [0, 0.1) is 19.7 Å². The molecule has 0 heterocycles. The van der Waals surface area contributed by atoms with Gasteiger partial charge in [-0.3, -0.25) is 0 Å². The molecule has 0 saturated heterocycles. The average molecular weight is 401 g/mol. The van der Waals surface area contributed by atoms with Crippen molar-refractivity contribution in [2.75, 3.05) is 5.32 Å². The van der Waals surface area contributed by atoms with Gasteiger partial charge < -0.3 is 5.32 Å². The topological polar surface area (TPSA) is 12.0 Å². The maximum absolute atomic E-state index is 13.2. The molecular formula is C16H16Br2FN. The summed E-state index contributed by atoms with van der Waals surface area (Å²) >= 11 is 7.01. The molecule has 1 atom stereocenters. The van der Waals surface area contributed by atoms with Crippen LogP contribution in [-0.2, 0) is 0 Å². The van der Waals surface area contributed by atoms with Crippen LogP contribution in [-0.4, -0.2) is 0 Å². The first-order chi connectivity index (χ1) is 9.38. The predicted octanol–water partition coefficient (Wildman–Crippen LogP) is 6.14. The summed E-state index contributed by atoms with van der Waals surface area (Å²) in [6.07, 6.45) is 0. The van der Waals surface area contributed by atoms with Gasteiger partial charge in [0.2, 0.25) is 0 Å². The summed E-state index contributed by atoms with van der Waals surface area (Å²) < 4.78 is 15.0. The van der Waals surface area contributed by atoms with E-state index in [4.69, 9.17) is 0 Å². The summed E-state index contributed by atoms with van der Waals surface area (Å²) in [5.74, 6) is -0.236. The summed E-state index contributed by atoms with van der Waals surface area (Å²) in [5.41, 5.74) is 4.50. The van der Waals surface area contributed by atoms with E-state index in [0.717, 1.165) is 20.2 Å². The van der Waals surface area contributed by atoms with E-state index in [9.17, 15) is 4.39 Å². The highest BCUT2D eigenvalue weighted by molar-refractivity contribution is 9.11. The Hall–Kier alpha value is -0.870. The van der Waals surface area contributed by atoms with Crippen LogP contribution in [0.5, 0.6) is 0 Å². The maximum atomic E-state index is 13.2. The lowest BCUT2D eigenvalue weighted by Gasteiger charge is -2.20. The molecule has 0 aliphatic heterocycles. The first kappa shape index (κ1) is 15.5. The molecule has 0 aliphatic carbocycles. The predicted molar refractivity (Wildman–Crippen MR) is 89.8 cm³/mol. The minimum absolute atomic E-state index is 0.0719. The lowest BCUT2D eigenvalue weighted by atomic mass is 10.1. The van der Waals surface area contributed by atoms with Crippen molar-refractivity contribution in [3.63, 3.8) is 0 Å². The van der Waals surface area contributed by atoms with Crippen molar-refractivity contribution >= 4 is 37.5 Å². The van der Waals surface area contributed by atoms with Crippen LogP contribution in [0.25, 0.3) is 0 Å². The number of benzene rings is 2. The van der Waals surface area contributed by atoms with Crippen molar-refractivity contribution in [2.45, 2.75) is 26.8 Å². The van der Waals surface area contributed by atoms with Crippen LogP contribution >= 0.6 is 31.9 Å². The molecule has 0 bridgehead atoms. The molecule has 0 aliphatic rings. The number of nitrogens with one attached hydrogen (secondary N) is 1. The van der Waals surface area contributed by atoms with E-state index in [1.165, 1.54) is 23.3 Å². The number of anilines is 1. The molecule has 0 fully saturated rings. The summed E-state index contributed by atoms with van der Waals surface area (Å²) in [7, 11) is 0. The molecule has 2 aromatic carbocycles. The van der Waals surface area contributed by atoms with Gasteiger partial charge in [-0.05, 0) is 71.6 Å². The molecule has 2 aromatic rings. The van der Waals surface area contributed by atoms with E-state index < -0.39 is 0 Å². The molecule has 0 saturated carbocycles. The first-order valence-corrected chi connectivity index (χ1v) is 7.95. The molecular weight excluding hydrogens is 385 g/mol. The molecule has 20 heavy (non-hydrogen) atoms. The Kier molecular flexibility index (Phi) is 4.86. The van der Waals surface area contributed by atoms with Crippen LogP contribution < -0.4 is 5.32 Å². The van der Waals surface area contributed by atoms with Crippen LogP contribution in [0.1, 0.15) is 29.7 Å². The molecule has 106 valence electrons. The molecule has 0 aromatic heterocycles. The molecule has 0 spiro atoms. The summed E-state index contributed by atoms with van der Waals surface area (Å²) in [5, 5.41) is 3.48. The van der Waals surface area contributed by atoms with Gasteiger partial charge in [0, 0.05) is 15.0 Å². The lowest BCUT2D eigenvalue weighted by Crippen LogP contribution is -2.09. The largest absolute Gasteiger partial charge is 0.377 e. The van der Waals surface area contributed by atoms with Gasteiger partial charge in [-0.25, -0.2) is 4.39 Å². The lowest BCUT2D eigenvalue weighted by molar-refractivity contribution is 0.625. The van der Waals surface area contributed by atoms with E-state index in [1.807, 2.05) is 0 Å². The number of halogens is 3. The second kappa shape index (κ2) is 6.27. The SMILES string of the molecule is Cc1cc(C)c(NC(C)c2ccc(F)cc2Br)c(Br)c1. The van der Waals surface area contributed by atoms with Crippen LogP contribution in [0.3, 0.4) is 0 Å². The molecule has 2 rings (SSSR count). The second-order valence-electron chi connectivity index (χ2n) is 4.97. The minimum Gasteiger partial charge on any atom is -0.377 e. The molecule has 0 amide bonds. The zero-order chi connectivity index (χ0) is 14.9. The van der Waals surface area contributed by atoms with E-state index in [2.05, 4.69) is 70.1 Å². The van der Waals surface area contributed by atoms with Gasteiger partial charge in [-0.2, -0.15) is 0 Å². The van der Waals surface area contributed by atoms with E-state index in [1.54, 1.807) is 6.07 Å². The van der Waals surface area contributed by atoms with Gasteiger partial charge in [0.25, 0.3) is 0 Å². The van der Waals surface area contributed by atoms with Crippen molar-refractivity contribution < 1.29 is 4.39 Å². The van der Waals surface area contributed by atoms with Crippen molar-refractivity contribution in [3.05, 3.63) is 61.8 Å². The van der Waals surface area contributed by atoms with Crippen molar-refractivity contribution in [2.24, 2.45) is 0 Å². The van der Waals surface area contributed by atoms with Crippen LogP contribution in [0.2, 0.25) is 0 Å². The Morgan fingerprint density at radius 3 is 2.35 bits per heavy atom. The van der Waals surface area contributed by atoms with Crippen LogP contribution in [0.15, 0.2) is 39.3 Å². The number of rotatable bonds is 3. The fraction of sp³-hybridized carbons (Fsp3) is 0.250. The number of aryl methyl sites for hydroxylation is 2. The van der Waals surface area contributed by atoms with Crippen molar-refractivity contribution in [3.8, 4) is 0 Å². The standard InChI is InChI=1S/C16H16Br2FN/c1-9-6-10(2)16(15(18)7-9)20-11(3)13-5-4-12(19)8-14(13)17/h4-8,11,20H,1-3H3. The van der Waals surface area contributed by atoms with Gasteiger partial charge in [0.05, 0.1) is 5.69 Å². The molecule has 1 unspecified atom stereocenters. The van der Waals surface area contributed by atoms with Gasteiger partial charge >= 0.3 is 0 Å². The fourth-order valence-corrected chi connectivity index (χ4v) is 3.73. The maximum Gasteiger partial charge on any atom is 0.124 e. The Morgan fingerprint density at radius 2 is 1.75 bits per heavy atom. The van der Waals surface area contributed by atoms with Crippen LogP contribution in [0.4, 0.5) is 10.1 Å². The zero-order valence-corrected chi connectivity index (χ0v) is 14.8. The number of hydrogen-bond acceptors (Lipinski definition) is 1. The smallest absolute Gasteiger partial charge is 0.124 e. The average Bonchev–Trinajstić information content (AvgIpc) is 2.33. The highest BCUT2D eigenvalue weighted by Gasteiger charge is 2.13. The minimum atomic E-state index is -0.236.